The molecule has 0 aliphatic carbocycles. The molecule has 0 bridgehead atoms. The average molecular weight is 268 g/mol. The van der Waals surface area contributed by atoms with Crippen LogP contribution in [-0.2, 0) is 4.79 Å². The maximum atomic E-state index is 11.1. The molecule has 0 saturated carbocycles. The molecule has 0 N–H and O–H groups in total. The largest absolute Gasteiger partial charge is 0.289 e. The number of alkyl halides is 1. The van der Waals surface area contributed by atoms with Crippen molar-refractivity contribution in [3.05, 3.63) is 20.8 Å². The van der Waals surface area contributed by atoms with Crippen molar-refractivity contribution < 1.29 is 9.59 Å². The van der Waals surface area contributed by atoms with E-state index in [2.05, 4.69) is 15.9 Å². The fraction of sp³-hybridized carbons (Fsp3) is 0.143. The molecule has 5 heteroatoms. The Morgan fingerprint density at radius 3 is 2.67 bits per heavy atom. The van der Waals surface area contributed by atoms with Gasteiger partial charge in [0.25, 0.3) is 0 Å². The highest BCUT2D eigenvalue weighted by Crippen LogP contribution is 2.20. The molecule has 12 heavy (non-hydrogen) atoms. The maximum absolute atomic E-state index is 11.1. The summed E-state index contributed by atoms with van der Waals surface area (Å²) in [6.45, 7) is 0. The second kappa shape index (κ2) is 4.16. The summed E-state index contributed by atoms with van der Waals surface area (Å²) < 4.78 is 0.804. The third-order valence-corrected chi connectivity index (χ3v) is 3.10. The Bertz CT molecular complexity index is 321. The Labute approximate surface area is 86.7 Å². The lowest BCUT2D eigenvalue weighted by Crippen LogP contribution is -2.13. The first-order valence-electron chi connectivity index (χ1n) is 3.02. The van der Waals surface area contributed by atoms with E-state index in [1.54, 1.807) is 11.4 Å². The van der Waals surface area contributed by atoms with Gasteiger partial charge >= 0.3 is 0 Å². The van der Waals surface area contributed by atoms with Crippen LogP contribution in [0.4, 0.5) is 0 Å². The van der Waals surface area contributed by atoms with E-state index in [9.17, 15) is 9.59 Å². The molecule has 0 amide bonds. The highest BCUT2D eigenvalue weighted by atomic mass is 79.9. The SMILES string of the molecule is O=C(CCl)C(=O)c1cc(Br)cs1. The van der Waals surface area contributed by atoms with Crippen LogP contribution in [-0.4, -0.2) is 17.4 Å². The van der Waals surface area contributed by atoms with Gasteiger partial charge in [-0.05, 0) is 22.0 Å². The predicted molar refractivity (Wildman–Crippen MR) is 52.1 cm³/mol. The van der Waals surface area contributed by atoms with Gasteiger partial charge in [-0.3, -0.25) is 9.59 Å². The molecule has 0 unspecified atom stereocenters. The molecule has 0 fully saturated rings. The molecule has 0 aromatic carbocycles. The van der Waals surface area contributed by atoms with Gasteiger partial charge in [0.2, 0.25) is 11.6 Å². The quantitative estimate of drug-likeness (QED) is 0.479. The molecular formula is C7H4BrClO2S. The molecule has 64 valence electrons. The number of ketones is 2. The van der Waals surface area contributed by atoms with Gasteiger partial charge in [-0.1, -0.05) is 0 Å². The summed E-state index contributed by atoms with van der Waals surface area (Å²) in [5.41, 5.74) is 0. The zero-order valence-corrected chi connectivity index (χ0v) is 9.00. The lowest BCUT2D eigenvalue weighted by Gasteiger charge is -1.89. The molecule has 0 saturated heterocycles. The number of Topliss-reactive ketones (excluding diaryl/α,β-unsaturated/α-hetero) is 2. The molecule has 1 aromatic heterocycles. The van der Waals surface area contributed by atoms with E-state index in [0.29, 0.717) is 4.88 Å². The fourth-order valence-corrected chi connectivity index (χ4v) is 2.14. The predicted octanol–water partition coefficient (Wildman–Crippen LogP) is 2.50. The summed E-state index contributed by atoms with van der Waals surface area (Å²) in [6.07, 6.45) is 0. The molecule has 0 spiro atoms. The van der Waals surface area contributed by atoms with Crippen molar-refractivity contribution in [1.82, 2.24) is 0 Å². The average Bonchev–Trinajstić information content (AvgIpc) is 2.49. The molecule has 0 aliphatic rings. The number of carbonyl (C=O) groups excluding carboxylic acids is 2. The van der Waals surface area contributed by atoms with Crippen molar-refractivity contribution in [2.24, 2.45) is 0 Å². The second-order valence-electron chi connectivity index (χ2n) is 2.02. The third-order valence-electron chi connectivity index (χ3n) is 1.17. The van der Waals surface area contributed by atoms with Gasteiger partial charge in [-0.25, -0.2) is 0 Å². The molecule has 0 atom stereocenters. The molecule has 1 heterocycles. The molecular weight excluding hydrogens is 263 g/mol. The summed E-state index contributed by atoms with van der Waals surface area (Å²) in [4.78, 5) is 22.4. The van der Waals surface area contributed by atoms with Gasteiger partial charge < -0.3 is 0 Å². The molecule has 0 aliphatic heterocycles. The Balaban J connectivity index is 2.85. The van der Waals surface area contributed by atoms with Crippen molar-refractivity contribution in [3.63, 3.8) is 0 Å². The number of rotatable bonds is 3. The number of carbonyl (C=O) groups is 2. The van der Waals surface area contributed by atoms with E-state index in [1.807, 2.05) is 0 Å². The standard InChI is InChI=1S/C7H4BrClO2S/c8-4-1-6(12-3-4)7(11)5(10)2-9/h1,3H,2H2. The van der Waals surface area contributed by atoms with Gasteiger partial charge in [-0.2, -0.15) is 0 Å². The summed E-state index contributed by atoms with van der Waals surface area (Å²) in [7, 11) is 0. The van der Waals surface area contributed by atoms with Crippen LogP contribution in [0.5, 0.6) is 0 Å². The summed E-state index contributed by atoms with van der Waals surface area (Å²) in [5, 5.41) is 1.74. The van der Waals surface area contributed by atoms with E-state index in [-0.39, 0.29) is 5.88 Å². The highest BCUT2D eigenvalue weighted by Gasteiger charge is 2.16. The minimum absolute atomic E-state index is 0.256. The highest BCUT2D eigenvalue weighted by molar-refractivity contribution is 9.10. The van der Waals surface area contributed by atoms with E-state index < -0.39 is 11.6 Å². The Morgan fingerprint density at radius 2 is 2.25 bits per heavy atom. The van der Waals surface area contributed by atoms with Crippen LogP contribution in [0.25, 0.3) is 0 Å². The van der Waals surface area contributed by atoms with Gasteiger partial charge in [0, 0.05) is 9.85 Å². The van der Waals surface area contributed by atoms with Crippen LogP contribution >= 0.6 is 38.9 Å². The lowest BCUT2D eigenvalue weighted by molar-refractivity contribution is -0.112. The minimum Gasteiger partial charge on any atom is -0.289 e. The Kier molecular flexibility index (Phi) is 3.43. The third kappa shape index (κ3) is 2.15. The topological polar surface area (TPSA) is 34.1 Å². The zero-order valence-electron chi connectivity index (χ0n) is 5.84. The monoisotopic (exact) mass is 266 g/mol. The van der Waals surface area contributed by atoms with Gasteiger partial charge in [0.15, 0.2) is 0 Å². The van der Waals surface area contributed by atoms with Crippen molar-refractivity contribution in [3.8, 4) is 0 Å². The second-order valence-corrected chi connectivity index (χ2v) is 4.11. The van der Waals surface area contributed by atoms with Gasteiger partial charge in [0.1, 0.15) is 0 Å². The van der Waals surface area contributed by atoms with Crippen LogP contribution in [0, 0.1) is 0 Å². The lowest BCUT2D eigenvalue weighted by atomic mass is 10.2. The van der Waals surface area contributed by atoms with Crippen molar-refractivity contribution >= 4 is 50.4 Å². The van der Waals surface area contributed by atoms with E-state index in [1.165, 1.54) is 11.3 Å². The first-order valence-corrected chi connectivity index (χ1v) is 5.23. The smallest absolute Gasteiger partial charge is 0.239 e. The van der Waals surface area contributed by atoms with Gasteiger partial charge in [-0.15, -0.1) is 22.9 Å². The minimum atomic E-state index is -0.564. The summed E-state index contributed by atoms with van der Waals surface area (Å²) in [5.74, 6) is -1.33. The van der Waals surface area contributed by atoms with E-state index in [0.717, 1.165) is 4.47 Å². The number of halogens is 2. The first kappa shape index (κ1) is 9.89. The number of thiophene rings is 1. The van der Waals surface area contributed by atoms with Crippen LogP contribution in [0.3, 0.4) is 0 Å². The number of hydrogen-bond acceptors (Lipinski definition) is 3. The zero-order chi connectivity index (χ0) is 9.14. The molecule has 2 nitrogen and oxygen atoms in total. The Hall–Kier alpha value is -0.190. The number of hydrogen-bond donors (Lipinski definition) is 0. The maximum Gasteiger partial charge on any atom is 0.239 e. The van der Waals surface area contributed by atoms with Crippen LogP contribution in [0.1, 0.15) is 9.67 Å². The van der Waals surface area contributed by atoms with E-state index >= 15 is 0 Å². The van der Waals surface area contributed by atoms with Crippen molar-refractivity contribution in [2.75, 3.05) is 5.88 Å². The Morgan fingerprint density at radius 1 is 1.58 bits per heavy atom. The van der Waals surface area contributed by atoms with Crippen LogP contribution in [0.15, 0.2) is 15.9 Å². The first-order chi connectivity index (χ1) is 5.65. The normalized spacial score (nSPS) is 9.83. The van der Waals surface area contributed by atoms with Crippen molar-refractivity contribution in [2.45, 2.75) is 0 Å². The molecule has 1 rings (SSSR count). The summed E-state index contributed by atoms with van der Waals surface area (Å²) >= 11 is 9.64. The molecule has 1 aromatic rings. The fourth-order valence-electron chi connectivity index (χ4n) is 0.630. The van der Waals surface area contributed by atoms with E-state index in [4.69, 9.17) is 11.6 Å². The summed E-state index contributed by atoms with van der Waals surface area (Å²) in [6, 6.07) is 1.61. The van der Waals surface area contributed by atoms with Gasteiger partial charge in [0.05, 0.1) is 10.8 Å². The van der Waals surface area contributed by atoms with Crippen LogP contribution in [0.2, 0.25) is 0 Å². The van der Waals surface area contributed by atoms with Crippen molar-refractivity contribution in [1.29, 1.82) is 0 Å². The molecule has 0 radical (unpaired) electrons. The van der Waals surface area contributed by atoms with Crippen LogP contribution < -0.4 is 0 Å².